The Morgan fingerprint density at radius 2 is 1.80 bits per heavy atom. The molecule has 0 saturated carbocycles. The van der Waals surface area contributed by atoms with Gasteiger partial charge in [0.1, 0.15) is 0 Å². The molecule has 0 aliphatic heterocycles. The molecule has 0 spiro atoms. The monoisotopic (exact) mass is 270 g/mol. The predicted octanol–water partition coefficient (Wildman–Crippen LogP) is 3.90. The Labute approximate surface area is 122 Å². The standard InChI is InChI=1S/C18H26N2/c1-14(2)11-19-12-18-10-15(3)20(16(18)4)13-17-8-6-5-7-9-17/h5-10,14,19H,11-13H2,1-4H3. The van der Waals surface area contributed by atoms with Crippen molar-refractivity contribution in [2.45, 2.75) is 40.8 Å². The first-order valence-corrected chi connectivity index (χ1v) is 7.48. The number of benzene rings is 1. The van der Waals surface area contributed by atoms with Gasteiger partial charge in [0.15, 0.2) is 0 Å². The zero-order chi connectivity index (χ0) is 14.5. The normalized spacial score (nSPS) is 11.2. The number of aromatic nitrogens is 1. The molecule has 0 atom stereocenters. The van der Waals surface area contributed by atoms with E-state index in [1.54, 1.807) is 0 Å². The summed E-state index contributed by atoms with van der Waals surface area (Å²) >= 11 is 0. The number of nitrogens with zero attached hydrogens (tertiary/aromatic N) is 1. The van der Waals surface area contributed by atoms with Crippen molar-refractivity contribution in [3.8, 4) is 0 Å². The number of hydrogen-bond donors (Lipinski definition) is 1. The molecule has 0 saturated heterocycles. The van der Waals surface area contributed by atoms with Gasteiger partial charge in [-0.25, -0.2) is 0 Å². The van der Waals surface area contributed by atoms with Crippen LogP contribution in [0.2, 0.25) is 0 Å². The maximum absolute atomic E-state index is 3.53. The third-order valence-electron chi connectivity index (χ3n) is 3.73. The van der Waals surface area contributed by atoms with Crippen LogP contribution in [0.15, 0.2) is 36.4 Å². The average molecular weight is 270 g/mol. The number of hydrogen-bond acceptors (Lipinski definition) is 1. The zero-order valence-electron chi connectivity index (χ0n) is 13.1. The van der Waals surface area contributed by atoms with Gasteiger partial charge in [0.2, 0.25) is 0 Å². The van der Waals surface area contributed by atoms with Crippen LogP contribution in [0.3, 0.4) is 0 Å². The van der Waals surface area contributed by atoms with E-state index in [2.05, 4.69) is 74.0 Å². The van der Waals surface area contributed by atoms with Crippen molar-refractivity contribution in [1.29, 1.82) is 0 Å². The SMILES string of the molecule is Cc1cc(CNCC(C)C)c(C)n1Cc1ccccc1. The second kappa shape index (κ2) is 6.76. The maximum Gasteiger partial charge on any atom is 0.0475 e. The first-order chi connectivity index (χ1) is 9.58. The molecule has 2 aromatic rings. The molecule has 20 heavy (non-hydrogen) atoms. The zero-order valence-corrected chi connectivity index (χ0v) is 13.1. The Kier molecular flexibility index (Phi) is 5.02. The highest BCUT2D eigenvalue weighted by atomic mass is 15.0. The highest BCUT2D eigenvalue weighted by molar-refractivity contribution is 5.28. The molecule has 0 aliphatic carbocycles. The summed E-state index contributed by atoms with van der Waals surface area (Å²) in [6, 6.07) is 13.0. The molecular weight excluding hydrogens is 244 g/mol. The van der Waals surface area contributed by atoms with E-state index in [1.165, 1.54) is 22.5 Å². The van der Waals surface area contributed by atoms with Crippen molar-refractivity contribution in [3.05, 3.63) is 58.9 Å². The molecule has 1 aromatic carbocycles. The lowest BCUT2D eigenvalue weighted by Crippen LogP contribution is -2.19. The van der Waals surface area contributed by atoms with Crippen LogP contribution in [0, 0.1) is 19.8 Å². The molecule has 0 bridgehead atoms. The first kappa shape index (κ1) is 14.9. The number of rotatable bonds is 6. The molecule has 1 aromatic heterocycles. The van der Waals surface area contributed by atoms with Crippen molar-refractivity contribution in [2.75, 3.05) is 6.54 Å². The maximum atomic E-state index is 3.53. The van der Waals surface area contributed by atoms with Gasteiger partial charge in [-0.1, -0.05) is 44.2 Å². The molecule has 1 heterocycles. The second-order valence-electron chi connectivity index (χ2n) is 5.99. The van der Waals surface area contributed by atoms with Crippen LogP contribution in [0.4, 0.5) is 0 Å². The molecule has 0 aliphatic rings. The Hall–Kier alpha value is -1.54. The lowest BCUT2D eigenvalue weighted by Gasteiger charge is -2.11. The van der Waals surface area contributed by atoms with Gasteiger partial charge in [-0.15, -0.1) is 0 Å². The Balaban J connectivity index is 2.08. The van der Waals surface area contributed by atoms with Crippen LogP contribution in [0.1, 0.15) is 36.4 Å². The quantitative estimate of drug-likeness (QED) is 0.842. The molecular formula is C18H26N2. The molecule has 2 rings (SSSR count). The minimum Gasteiger partial charge on any atom is -0.344 e. The van der Waals surface area contributed by atoms with Gasteiger partial charge in [0.05, 0.1) is 0 Å². The summed E-state index contributed by atoms with van der Waals surface area (Å²) in [5, 5.41) is 3.53. The number of aryl methyl sites for hydroxylation is 1. The third-order valence-corrected chi connectivity index (χ3v) is 3.73. The van der Waals surface area contributed by atoms with Gasteiger partial charge in [-0.2, -0.15) is 0 Å². The van der Waals surface area contributed by atoms with Crippen molar-refractivity contribution in [3.63, 3.8) is 0 Å². The molecule has 2 heteroatoms. The van der Waals surface area contributed by atoms with Gasteiger partial charge in [0, 0.05) is 24.5 Å². The van der Waals surface area contributed by atoms with Crippen molar-refractivity contribution in [1.82, 2.24) is 9.88 Å². The average Bonchev–Trinajstić information content (AvgIpc) is 2.67. The van der Waals surface area contributed by atoms with E-state index >= 15 is 0 Å². The van der Waals surface area contributed by atoms with Crippen molar-refractivity contribution in [2.24, 2.45) is 5.92 Å². The van der Waals surface area contributed by atoms with Crippen LogP contribution >= 0.6 is 0 Å². The Morgan fingerprint density at radius 3 is 2.45 bits per heavy atom. The van der Waals surface area contributed by atoms with Gasteiger partial charge >= 0.3 is 0 Å². The first-order valence-electron chi connectivity index (χ1n) is 7.48. The predicted molar refractivity (Wildman–Crippen MR) is 86.0 cm³/mol. The summed E-state index contributed by atoms with van der Waals surface area (Å²) in [5.41, 5.74) is 5.49. The van der Waals surface area contributed by atoms with E-state index in [9.17, 15) is 0 Å². The minimum absolute atomic E-state index is 0.697. The van der Waals surface area contributed by atoms with Gasteiger partial charge in [0.25, 0.3) is 0 Å². The van der Waals surface area contributed by atoms with Gasteiger partial charge < -0.3 is 9.88 Å². The van der Waals surface area contributed by atoms with Crippen LogP contribution in [-0.4, -0.2) is 11.1 Å². The fraction of sp³-hybridized carbons (Fsp3) is 0.444. The van der Waals surface area contributed by atoms with E-state index < -0.39 is 0 Å². The van der Waals surface area contributed by atoms with E-state index in [0.29, 0.717) is 5.92 Å². The fourth-order valence-corrected chi connectivity index (χ4v) is 2.56. The molecule has 0 fully saturated rings. The highest BCUT2D eigenvalue weighted by Crippen LogP contribution is 2.17. The topological polar surface area (TPSA) is 17.0 Å². The van der Waals surface area contributed by atoms with E-state index in [-0.39, 0.29) is 0 Å². The molecule has 0 amide bonds. The van der Waals surface area contributed by atoms with E-state index in [1.807, 2.05) is 0 Å². The summed E-state index contributed by atoms with van der Waals surface area (Å²) < 4.78 is 2.40. The van der Waals surface area contributed by atoms with E-state index in [0.717, 1.165) is 19.6 Å². The third kappa shape index (κ3) is 3.73. The van der Waals surface area contributed by atoms with Crippen molar-refractivity contribution < 1.29 is 0 Å². The summed E-state index contributed by atoms with van der Waals surface area (Å²) in [6.07, 6.45) is 0. The largest absolute Gasteiger partial charge is 0.344 e. The van der Waals surface area contributed by atoms with Crippen LogP contribution in [0.5, 0.6) is 0 Å². The molecule has 108 valence electrons. The molecule has 2 nitrogen and oxygen atoms in total. The summed E-state index contributed by atoms with van der Waals surface area (Å²) in [4.78, 5) is 0. The highest BCUT2D eigenvalue weighted by Gasteiger charge is 2.09. The lowest BCUT2D eigenvalue weighted by molar-refractivity contribution is 0.551. The molecule has 1 N–H and O–H groups in total. The summed E-state index contributed by atoms with van der Waals surface area (Å²) in [7, 11) is 0. The minimum atomic E-state index is 0.697. The summed E-state index contributed by atoms with van der Waals surface area (Å²) in [6.45, 7) is 11.9. The van der Waals surface area contributed by atoms with Gasteiger partial charge in [-0.3, -0.25) is 0 Å². The number of nitrogens with one attached hydrogen (secondary N) is 1. The molecule has 0 radical (unpaired) electrons. The van der Waals surface area contributed by atoms with Crippen LogP contribution < -0.4 is 5.32 Å². The van der Waals surface area contributed by atoms with Crippen molar-refractivity contribution >= 4 is 0 Å². The van der Waals surface area contributed by atoms with Crippen LogP contribution in [-0.2, 0) is 13.1 Å². The van der Waals surface area contributed by atoms with Crippen LogP contribution in [0.25, 0.3) is 0 Å². The smallest absolute Gasteiger partial charge is 0.0475 e. The Bertz CT molecular complexity index is 538. The second-order valence-corrected chi connectivity index (χ2v) is 5.99. The fourth-order valence-electron chi connectivity index (χ4n) is 2.56. The lowest BCUT2D eigenvalue weighted by atomic mass is 10.2. The van der Waals surface area contributed by atoms with Gasteiger partial charge in [-0.05, 0) is 43.5 Å². The Morgan fingerprint density at radius 1 is 1.10 bits per heavy atom. The molecule has 0 unspecified atom stereocenters. The summed E-state index contributed by atoms with van der Waals surface area (Å²) in [5.74, 6) is 0.697. The van der Waals surface area contributed by atoms with E-state index in [4.69, 9.17) is 0 Å².